The Balaban J connectivity index is 1.63. The number of anilines is 1. The van der Waals surface area contributed by atoms with E-state index in [4.69, 9.17) is 9.47 Å². The van der Waals surface area contributed by atoms with Gasteiger partial charge >= 0.3 is 0 Å². The molecule has 1 aliphatic carbocycles. The summed E-state index contributed by atoms with van der Waals surface area (Å²) in [5.41, 5.74) is 3.53. The summed E-state index contributed by atoms with van der Waals surface area (Å²) in [6.45, 7) is 2.44. The Morgan fingerprint density at radius 1 is 1.00 bits per heavy atom. The fraction of sp³-hybridized carbons (Fsp3) is 0.350. The number of hydrogen-bond donors (Lipinski definition) is 1. The molecule has 2 aromatic carbocycles. The first-order valence-corrected chi connectivity index (χ1v) is 8.53. The Morgan fingerprint density at radius 2 is 1.75 bits per heavy atom. The van der Waals surface area contributed by atoms with Gasteiger partial charge in [0.25, 0.3) is 5.91 Å². The third-order valence-electron chi connectivity index (χ3n) is 4.18. The van der Waals surface area contributed by atoms with Crippen molar-refractivity contribution < 1.29 is 14.3 Å². The largest absolute Gasteiger partial charge is 0.490 e. The Hall–Kier alpha value is -2.49. The molecule has 0 aliphatic heterocycles. The van der Waals surface area contributed by atoms with Crippen molar-refractivity contribution in [1.29, 1.82) is 0 Å². The Bertz CT molecular complexity index is 712. The van der Waals surface area contributed by atoms with Gasteiger partial charge < -0.3 is 14.8 Å². The lowest BCUT2D eigenvalue weighted by Gasteiger charge is -2.19. The maximum atomic E-state index is 12.3. The highest BCUT2D eigenvalue weighted by atomic mass is 16.5. The molecule has 126 valence electrons. The van der Waals surface area contributed by atoms with Gasteiger partial charge in [-0.2, -0.15) is 0 Å². The van der Waals surface area contributed by atoms with Crippen LogP contribution >= 0.6 is 0 Å². The molecular formula is C20H23NO3. The van der Waals surface area contributed by atoms with Gasteiger partial charge in [-0.05, 0) is 61.9 Å². The van der Waals surface area contributed by atoms with E-state index in [-0.39, 0.29) is 12.5 Å². The van der Waals surface area contributed by atoms with Crippen LogP contribution in [0, 0.1) is 0 Å². The van der Waals surface area contributed by atoms with Gasteiger partial charge in [0.2, 0.25) is 0 Å². The zero-order valence-electron chi connectivity index (χ0n) is 14.0. The summed E-state index contributed by atoms with van der Waals surface area (Å²) in [4.78, 5) is 12.3. The van der Waals surface area contributed by atoms with Crippen LogP contribution in [0.3, 0.4) is 0 Å². The van der Waals surface area contributed by atoms with Crippen LogP contribution in [-0.4, -0.2) is 19.1 Å². The lowest BCUT2D eigenvalue weighted by Crippen LogP contribution is -2.22. The average molecular weight is 325 g/mol. The van der Waals surface area contributed by atoms with Crippen molar-refractivity contribution in [2.45, 2.75) is 32.6 Å². The second-order valence-corrected chi connectivity index (χ2v) is 5.87. The van der Waals surface area contributed by atoms with Gasteiger partial charge in [0.15, 0.2) is 18.1 Å². The number of ether oxygens (including phenoxy) is 2. The molecule has 0 spiro atoms. The predicted molar refractivity (Wildman–Crippen MR) is 94.8 cm³/mol. The number of hydrogen-bond acceptors (Lipinski definition) is 3. The zero-order chi connectivity index (χ0) is 16.8. The van der Waals surface area contributed by atoms with Crippen molar-refractivity contribution in [3.8, 4) is 11.5 Å². The molecule has 0 heterocycles. The number of para-hydroxylation sites is 2. The van der Waals surface area contributed by atoms with Crippen LogP contribution in [0.15, 0.2) is 42.5 Å². The molecule has 0 fully saturated rings. The minimum atomic E-state index is -0.153. The van der Waals surface area contributed by atoms with Crippen molar-refractivity contribution in [3.05, 3.63) is 53.6 Å². The van der Waals surface area contributed by atoms with Crippen LogP contribution in [0.5, 0.6) is 11.5 Å². The van der Waals surface area contributed by atoms with Crippen molar-refractivity contribution in [2.75, 3.05) is 18.5 Å². The van der Waals surface area contributed by atoms with E-state index in [9.17, 15) is 4.79 Å². The second-order valence-electron chi connectivity index (χ2n) is 5.87. The van der Waals surface area contributed by atoms with Crippen LogP contribution < -0.4 is 14.8 Å². The molecule has 1 aliphatic rings. The fourth-order valence-electron chi connectivity index (χ4n) is 3.07. The molecule has 24 heavy (non-hydrogen) atoms. The van der Waals surface area contributed by atoms with Gasteiger partial charge in [-0.3, -0.25) is 4.79 Å². The zero-order valence-corrected chi connectivity index (χ0v) is 14.0. The summed E-state index contributed by atoms with van der Waals surface area (Å²) >= 11 is 0. The van der Waals surface area contributed by atoms with E-state index in [1.165, 1.54) is 24.0 Å². The molecular weight excluding hydrogens is 302 g/mol. The number of amides is 1. The van der Waals surface area contributed by atoms with Gasteiger partial charge in [0.05, 0.1) is 6.61 Å². The molecule has 1 N–H and O–H groups in total. The molecule has 4 nitrogen and oxygen atoms in total. The van der Waals surface area contributed by atoms with Crippen molar-refractivity contribution in [1.82, 2.24) is 0 Å². The Labute approximate surface area is 142 Å². The average Bonchev–Trinajstić information content (AvgIpc) is 2.62. The summed E-state index contributed by atoms with van der Waals surface area (Å²) in [5.74, 6) is 1.09. The fourth-order valence-corrected chi connectivity index (χ4v) is 3.07. The minimum absolute atomic E-state index is 0.0340. The van der Waals surface area contributed by atoms with Crippen molar-refractivity contribution in [2.24, 2.45) is 0 Å². The minimum Gasteiger partial charge on any atom is -0.490 e. The number of carbonyl (C=O) groups excluding carboxylic acids is 1. The number of aryl methyl sites for hydroxylation is 1. The maximum Gasteiger partial charge on any atom is 0.262 e. The lowest BCUT2D eigenvalue weighted by molar-refractivity contribution is -0.118. The highest BCUT2D eigenvalue weighted by molar-refractivity contribution is 5.92. The third-order valence-corrected chi connectivity index (χ3v) is 4.18. The van der Waals surface area contributed by atoms with Gasteiger partial charge in [0.1, 0.15) is 0 Å². The summed E-state index contributed by atoms with van der Waals surface area (Å²) in [6, 6.07) is 13.5. The first-order chi connectivity index (χ1) is 11.8. The second kappa shape index (κ2) is 7.86. The molecule has 0 saturated carbocycles. The Kier molecular flexibility index (Phi) is 5.36. The molecule has 0 aromatic heterocycles. The normalized spacial score (nSPS) is 13.0. The van der Waals surface area contributed by atoms with Gasteiger partial charge in [0, 0.05) is 5.69 Å². The Morgan fingerprint density at radius 3 is 2.54 bits per heavy atom. The standard InChI is InChI=1S/C20H23NO3/c1-2-23-18-12-5-6-13-19(18)24-14-20(22)21-17-11-7-9-15-8-3-4-10-16(15)17/h5-7,9,11-13H,2-4,8,10,14H2,1H3,(H,21,22). The van der Waals surface area contributed by atoms with Gasteiger partial charge in [-0.15, -0.1) is 0 Å². The first-order valence-electron chi connectivity index (χ1n) is 8.53. The smallest absolute Gasteiger partial charge is 0.262 e. The van der Waals surface area contributed by atoms with Gasteiger partial charge in [-0.25, -0.2) is 0 Å². The van der Waals surface area contributed by atoms with Crippen molar-refractivity contribution >= 4 is 11.6 Å². The quantitative estimate of drug-likeness (QED) is 0.874. The van der Waals surface area contributed by atoms with E-state index >= 15 is 0 Å². The van der Waals surface area contributed by atoms with Crippen LogP contribution in [-0.2, 0) is 17.6 Å². The molecule has 4 heteroatoms. The SMILES string of the molecule is CCOc1ccccc1OCC(=O)Nc1cccc2c1CCCC2. The number of nitrogens with one attached hydrogen (secondary N) is 1. The topological polar surface area (TPSA) is 47.6 Å². The highest BCUT2D eigenvalue weighted by Gasteiger charge is 2.15. The number of rotatable bonds is 6. The third kappa shape index (κ3) is 3.88. The van der Waals surface area contributed by atoms with Crippen LogP contribution in [0.25, 0.3) is 0 Å². The predicted octanol–water partition coefficient (Wildman–Crippen LogP) is 3.98. The van der Waals surface area contributed by atoms with Crippen molar-refractivity contribution in [3.63, 3.8) is 0 Å². The van der Waals surface area contributed by atoms with E-state index < -0.39 is 0 Å². The molecule has 0 saturated heterocycles. The molecule has 0 radical (unpaired) electrons. The summed E-state index contributed by atoms with van der Waals surface area (Å²) in [7, 11) is 0. The van der Waals surface area contributed by atoms with E-state index in [0.29, 0.717) is 18.1 Å². The summed E-state index contributed by atoms with van der Waals surface area (Å²) in [6.07, 6.45) is 4.52. The molecule has 0 unspecified atom stereocenters. The van der Waals surface area contributed by atoms with Crippen LogP contribution in [0.1, 0.15) is 30.9 Å². The number of carbonyl (C=O) groups is 1. The molecule has 0 bridgehead atoms. The molecule has 1 amide bonds. The molecule has 0 atom stereocenters. The summed E-state index contributed by atoms with van der Waals surface area (Å²) < 4.78 is 11.1. The monoisotopic (exact) mass is 325 g/mol. The first kappa shape index (κ1) is 16.4. The number of benzene rings is 2. The van der Waals surface area contributed by atoms with E-state index in [0.717, 1.165) is 18.5 Å². The number of fused-ring (bicyclic) bond motifs is 1. The van der Waals surface area contributed by atoms with E-state index in [2.05, 4.69) is 11.4 Å². The lowest BCUT2D eigenvalue weighted by atomic mass is 9.90. The van der Waals surface area contributed by atoms with E-state index in [1.807, 2.05) is 43.3 Å². The highest BCUT2D eigenvalue weighted by Crippen LogP contribution is 2.28. The van der Waals surface area contributed by atoms with Gasteiger partial charge in [-0.1, -0.05) is 24.3 Å². The molecule has 2 aromatic rings. The summed E-state index contributed by atoms with van der Waals surface area (Å²) in [5, 5.41) is 2.99. The van der Waals surface area contributed by atoms with E-state index in [1.54, 1.807) is 0 Å². The maximum absolute atomic E-state index is 12.3. The van der Waals surface area contributed by atoms with Crippen LogP contribution in [0.2, 0.25) is 0 Å². The molecule has 3 rings (SSSR count). The van der Waals surface area contributed by atoms with Crippen LogP contribution in [0.4, 0.5) is 5.69 Å².